The largest absolute Gasteiger partial charge is 0.478 e. The summed E-state index contributed by atoms with van der Waals surface area (Å²) in [5, 5.41) is 9.50. The van der Waals surface area contributed by atoms with Crippen molar-refractivity contribution in [1.82, 2.24) is 0 Å². The quantitative estimate of drug-likeness (QED) is 0.904. The number of carboxylic acids is 1. The summed E-state index contributed by atoms with van der Waals surface area (Å²) in [4.78, 5) is 10.8. The molecule has 2 aromatic rings. The molecule has 92 valence electrons. The Balaban J connectivity index is 2.24. The third kappa shape index (κ3) is 2.81. The summed E-state index contributed by atoms with van der Waals surface area (Å²) < 4.78 is 5.65. The zero-order valence-corrected chi connectivity index (χ0v) is 10.4. The van der Waals surface area contributed by atoms with Gasteiger partial charge in [-0.05, 0) is 55.0 Å². The molecule has 3 nitrogen and oxygen atoms in total. The molecule has 0 amide bonds. The van der Waals surface area contributed by atoms with Gasteiger partial charge in [-0.15, -0.1) is 0 Å². The van der Waals surface area contributed by atoms with Gasteiger partial charge in [0.25, 0.3) is 0 Å². The van der Waals surface area contributed by atoms with Crippen LogP contribution in [0.25, 0.3) is 0 Å². The second kappa shape index (κ2) is 5.10. The first-order valence-electron chi connectivity index (χ1n) is 5.33. The van der Waals surface area contributed by atoms with Crippen LogP contribution in [0, 0.1) is 6.92 Å². The number of carbonyl (C=O) groups is 1. The van der Waals surface area contributed by atoms with E-state index in [4.69, 9.17) is 21.4 Å². The number of rotatable bonds is 3. The predicted octanol–water partition coefficient (Wildman–Crippen LogP) is 4.14. The van der Waals surface area contributed by atoms with E-state index in [1.165, 1.54) is 6.07 Å². The van der Waals surface area contributed by atoms with Crippen LogP contribution in [-0.2, 0) is 0 Å². The minimum Gasteiger partial charge on any atom is -0.478 e. The summed E-state index contributed by atoms with van der Waals surface area (Å²) in [6.45, 7) is 1.80. The molecule has 0 fully saturated rings. The molecule has 0 spiro atoms. The van der Waals surface area contributed by atoms with Crippen LogP contribution in [0.1, 0.15) is 15.9 Å². The van der Waals surface area contributed by atoms with Crippen molar-refractivity contribution >= 4 is 17.6 Å². The van der Waals surface area contributed by atoms with Crippen LogP contribution in [0.4, 0.5) is 0 Å². The minimum atomic E-state index is -0.948. The average molecular weight is 263 g/mol. The predicted molar refractivity (Wildman–Crippen MR) is 69.7 cm³/mol. The van der Waals surface area contributed by atoms with Crippen LogP contribution < -0.4 is 4.74 Å². The zero-order valence-electron chi connectivity index (χ0n) is 9.68. The van der Waals surface area contributed by atoms with Crippen molar-refractivity contribution in [2.45, 2.75) is 6.92 Å². The van der Waals surface area contributed by atoms with Crippen molar-refractivity contribution in [3.05, 3.63) is 58.6 Å². The number of benzene rings is 2. The first-order chi connectivity index (χ1) is 8.56. The number of aryl methyl sites for hydroxylation is 1. The van der Waals surface area contributed by atoms with E-state index in [1.54, 1.807) is 43.3 Å². The van der Waals surface area contributed by atoms with Gasteiger partial charge in [-0.1, -0.05) is 11.6 Å². The Morgan fingerprint density at radius 3 is 2.39 bits per heavy atom. The third-order valence-electron chi connectivity index (χ3n) is 2.46. The van der Waals surface area contributed by atoms with E-state index >= 15 is 0 Å². The van der Waals surface area contributed by atoms with Gasteiger partial charge in [0.2, 0.25) is 0 Å². The number of halogens is 1. The molecular weight excluding hydrogens is 252 g/mol. The standard InChI is InChI=1S/C14H11ClO3/c1-9-8-10(14(16)17)2-7-13(9)18-12-5-3-11(15)4-6-12/h2-8H,1H3,(H,16,17). The lowest BCUT2D eigenvalue weighted by Crippen LogP contribution is -1.97. The van der Waals surface area contributed by atoms with E-state index in [9.17, 15) is 4.79 Å². The van der Waals surface area contributed by atoms with Crippen LogP contribution in [0.3, 0.4) is 0 Å². The molecule has 0 bridgehead atoms. The van der Waals surface area contributed by atoms with Crippen molar-refractivity contribution in [1.29, 1.82) is 0 Å². The Bertz CT molecular complexity index is 576. The summed E-state index contributed by atoms with van der Waals surface area (Å²) in [7, 11) is 0. The van der Waals surface area contributed by atoms with E-state index in [2.05, 4.69) is 0 Å². The van der Waals surface area contributed by atoms with Gasteiger partial charge in [0.1, 0.15) is 11.5 Å². The molecular formula is C14H11ClO3. The lowest BCUT2D eigenvalue weighted by atomic mass is 10.1. The van der Waals surface area contributed by atoms with Crippen LogP contribution in [-0.4, -0.2) is 11.1 Å². The first-order valence-corrected chi connectivity index (χ1v) is 5.71. The van der Waals surface area contributed by atoms with Gasteiger partial charge < -0.3 is 9.84 Å². The van der Waals surface area contributed by atoms with Gasteiger partial charge in [-0.25, -0.2) is 4.79 Å². The molecule has 0 aliphatic heterocycles. The van der Waals surface area contributed by atoms with E-state index in [0.717, 1.165) is 5.56 Å². The van der Waals surface area contributed by atoms with Crippen LogP contribution in [0.15, 0.2) is 42.5 Å². The highest BCUT2D eigenvalue weighted by Crippen LogP contribution is 2.26. The fraction of sp³-hybridized carbons (Fsp3) is 0.0714. The van der Waals surface area contributed by atoms with Crippen molar-refractivity contribution < 1.29 is 14.6 Å². The lowest BCUT2D eigenvalue weighted by molar-refractivity contribution is 0.0697. The van der Waals surface area contributed by atoms with E-state index in [0.29, 0.717) is 16.5 Å². The topological polar surface area (TPSA) is 46.5 Å². The van der Waals surface area contributed by atoms with E-state index < -0.39 is 5.97 Å². The van der Waals surface area contributed by atoms with Crippen LogP contribution >= 0.6 is 11.6 Å². The fourth-order valence-corrected chi connectivity index (χ4v) is 1.65. The van der Waals surface area contributed by atoms with Gasteiger partial charge in [0.15, 0.2) is 0 Å². The zero-order chi connectivity index (χ0) is 13.1. The van der Waals surface area contributed by atoms with E-state index in [-0.39, 0.29) is 5.56 Å². The van der Waals surface area contributed by atoms with Gasteiger partial charge in [-0.2, -0.15) is 0 Å². The number of hydrogen-bond donors (Lipinski definition) is 1. The number of hydrogen-bond acceptors (Lipinski definition) is 2. The second-order valence-corrected chi connectivity index (χ2v) is 4.28. The molecule has 2 rings (SSSR count). The lowest BCUT2D eigenvalue weighted by Gasteiger charge is -2.09. The monoisotopic (exact) mass is 262 g/mol. The van der Waals surface area contributed by atoms with Gasteiger partial charge in [0, 0.05) is 5.02 Å². The maximum absolute atomic E-state index is 10.8. The molecule has 2 aromatic carbocycles. The number of aromatic carboxylic acids is 1. The van der Waals surface area contributed by atoms with Crippen molar-refractivity contribution in [3.8, 4) is 11.5 Å². The summed E-state index contributed by atoms with van der Waals surface area (Å²) in [6.07, 6.45) is 0. The van der Waals surface area contributed by atoms with Crippen LogP contribution in [0.2, 0.25) is 5.02 Å². The van der Waals surface area contributed by atoms with Gasteiger partial charge in [-0.3, -0.25) is 0 Å². The maximum atomic E-state index is 10.8. The van der Waals surface area contributed by atoms with Gasteiger partial charge in [0.05, 0.1) is 5.56 Å². The van der Waals surface area contributed by atoms with Crippen LogP contribution in [0.5, 0.6) is 11.5 Å². The number of ether oxygens (including phenoxy) is 1. The molecule has 0 aliphatic rings. The Morgan fingerprint density at radius 1 is 1.17 bits per heavy atom. The molecule has 0 heterocycles. The molecule has 4 heteroatoms. The average Bonchev–Trinajstić information content (AvgIpc) is 2.34. The summed E-state index contributed by atoms with van der Waals surface area (Å²) in [5.41, 5.74) is 1.01. The van der Waals surface area contributed by atoms with Crippen molar-refractivity contribution in [2.24, 2.45) is 0 Å². The summed E-state index contributed by atoms with van der Waals surface area (Å²) in [5.74, 6) is 0.337. The molecule has 18 heavy (non-hydrogen) atoms. The smallest absolute Gasteiger partial charge is 0.335 e. The van der Waals surface area contributed by atoms with Crippen molar-refractivity contribution in [2.75, 3.05) is 0 Å². The highest BCUT2D eigenvalue weighted by Gasteiger charge is 2.07. The first kappa shape index (κ1) is 12.5. The SMILES string of the molecule is Cc1cc(C(=O)O)ccc1Oc1ccc(Cl)cc1. The highest BCUT2D eigenvalue weighted by molar-refractivity contribution is 6.30. The highest BCUT2D eigenvalue weighted by atomic mass is 35.5. The molecule has 1 N–H and O–H groups in total. The molecule has 0 atom stereocenters. The van der Waals surface area contributed by atoms with E-state index in [1.807, 2.05) is 0 Å². The number of carboxylic acid groups (broad SMARTS) is 1. The molecule has 0 saturated heterocycles. The normalized spacial score (nSPS) is 10.1. The molecule has 0 aliphatic carbocycles. The summed E-state index contributed by atoms with van der Waals surface area (Å²) in [6, 6.07) is 11.7. The van der Waals surface area contributed by atoms with Crippen molar-refractivity contribution in [3.63, 3.8) is 0 Å². The molecule has 0 saturated carbocycles. The molecule has 0 aromatic heterocycles. The maximum Gasteiger partial charge on any atom is 0.335 e. The Morgan fingerprint density at radius 2 is 1.83 bits per heavy atom. The third-order valence-corrected chi connectivity index (χ3v) is 2.72. The molecule has 0 radical (unpaired) electrons. The second-order valence-electron chi connectivity index (χ2n) is 3.84. The fourth-order valence-electron chi connectivity index (χ4n) is 1.53. The minimum absolute atomic E-state index is 0.246. The Hall–Kier alpha value is -2.00. The molecule has 0 unspecified atom stereocenters. The Labute approximate surface area is 110 Å². The van der Waals surface area contributed by atoms with Gasteiger partial charge >= 0.3 is 5.97 Å². The summed E-state index contributed by atoms with van der Waals surface area (Å²) >= 11 is 5.78. The Kier molecular flexibility index (Phi) is 3.53.